The van der Waals surface area contributed by atoms with E-state index in [4.69, 9.17) is 9.84 Å². The molecule has 0 unspecified atom stereocenters. The van der Waals surface area contributed by atoms with Crippen molar-refractivity contribution in [3.05, 3.63) is 10.8 Å². The van der Waals surface area contributed by atoms with Gasteiger partial charge in [-0.1, -0.05) is 0 Å². The Hall–Kier alpha value is -0.920. The van der Waals surface area contributed by atoms with Crippen molar-refractivity contribution in [1.82, 2.24) is 9.97 Å². The fraction of sp³-hybridized carbons (Fsp3) is 0.636. The highest BCUT2D eigenvalue weighted by Crippen LogP contribution is 2.29. The molecule has 18 heavy (non-hydrogen) atoms. The summed E-state index contributed by atoms with van der Waals surface area (Å²) in [5.74, 6) is 1.51. The zero-order chi connectivity index (χ0) is 13.4. The van der Waals surface area contributed by atoms with Gasteiger partial charge < -0.3 is 20.1 Å². The van der Waals surface area contributed by atoms with Crippen LogP contribution < -0.4 is 10.2 Å². The summed E-state index contributed by atoms with van der Waals surface area (Å²) < 4.78 is 5.86. The lowest BCUT2D eigenvalue weighted by Crippen LogP contribution is -2.31. The largest absolute Gasteiger partial charge is 0.395 e. The molecule has 102 valence electrons. The predicted molar refractivity (Wildman–Crippen MR) is 75.1 cm³/mol. The molecule has 0 aliphatic rings. The fourth-order valence-electron chi connectivity index (χ4n) is 1.52. The first-order valence-corrected chi connectivity index (χ1v) is 6.63. The highest BCUT2D eigenvalue weighted by atomic mass is 79.9. The lowest BCUT2D eigenvalue weighted by atomic mass is 10.4. The van der Waals surface area contributed by atoms with Crippen LogP contribution in [-0.2, 0) is 4.74 Å². The molecule has 0 amide bonds. The average molecular weight is 319 g/mol. The first-order chi connectivity index (χ1) is 8.74. The van der Waals surface area contributed by atoms with Gasteiger partial charge in [0.25, 0.3) is 0 Å². The second kappa shape index (κ2) is 8.23. The van der Waals surface area contributed by atoms with Gasteiger partial charge in [0, 0.05) is 26.7 Å². The lowest BCUT2D eigenvalue weighted by molar-refractivity contribution is 0.202. The zero-order valence-corrected chi connectivity index (χ0v) is 12.3. The Morgan fingerprint density at radius 2 is 2.22 bits per heavy atom. The Kier molecular flexibility index (Phi) is 6.92. The van der Waals surface area contributed by atoms with Gasteiger partial charge in [0.15, 0.2) is 0 Å². The molecule has 1 rings (SSSR count). The van der Waals surface area contributed by atoms with E-state index in [1.54, 1.807) is 7.11 Å². The molecule has 7 heteroatoms. The van der Waals surface area contributed by atoms with Crippen LogP contribution in [0.3, 0.4) is 0 Å². The molecule has 0 bridgehead atoms. The topological polar surface area (TPSA) is 70.5 Å². The standard InChI is InChI=1S/C11H19BrN4O2/c1-3-13-10-9(12)11(15-8-14-10)16(4-6-17)5-7-18-2/h8,17H,3-7H2,1-2H3,(H,13,14,15). The second-order valence-corrected chi connectivity index (χ2v) is 4.39. The molecular formula is C11H19BrN4O2. The Bertz CT molecular complexity index is 365. The van der Waals surface area contributed by atoms with Crippen LogP contribution in [0.4, 0.5) is 11.6 Å². The van der Waals surface area contributed by atoms with Crippen LogP contribution in [0.2, 0.25) is 0 Å². The average Bonchev–Trinajstić information content (AvgIpc) is 2.38. The van der Waals surface area contributed by atoms with Gasteiger partial charge >= 0.3 is 0 Å². The molecular weight excluding hydrogens is 300 g/mol. The Balaban J connectivity index is 2.92. The third-order valence-corrected chi connectivity index (χ3v) is 3.08. The minimum Gasteiger partial charge on any atom is -0.395 e. The number of aromatic nitrogens is 2. The van der Waals surface area contributed by atoms with Gasteiger partial charge in [-0.3, -0.25) is 0 Å². The van der Waals surface area contributed by atoms with Crippen molar-refractivity contribution in [2.24, 2.45) is 0 Å². The van der Waals surface area contributed by atoms with Gasteiger partial charge in [-0.15, -0.1) is 0 Å². The number of halogens is 1. The molecule has 0 saturated heterocycles. The van der Waals surface area contributed by atoms with Crippen molar-refractivity contribution in [2.75, 3.05) is 50.2 Å². The van der Waals surface area contributed by atoms with E-state index >= 15 is 0 Å². The maximum Gasteiger partial charge on any atom is 0.148 e. The van der Waals surface area contributed by atoms with Crippen LogP contribution in [0.1, 0.15) is 6.92 Å². The van der Waals surface area contributed by atoms with Crippen LogP contribution in [0.5, 0.6) is 0 Å². The van der Waals surface area contributed by atoms with Gasteiger partial charge in [-0.05, 0) is 22.9 Å². The second-order valence-electron chi connectivity index (χ2n) is 3.59. The van der Waals surface area contributed by atoms with E-state index in [2.05, 4.69) is 31.2 Å². The Labute approximate surface area is 116 Å². The number of rotatable bonds is 8. The molecule has 0 fully saturated rings. The first kappa shape index (κ1) is 15.1. The van der Waals surface area contributed by atoms with E-state index in [9.17, 15) is 0 Å². The van der Waals surface area contributed by atoms with E-state index in [0.29, 0.717) is 19.7 Å². The molecule has 1 aromatic heterocycles. The number of aliphatic hydroxyl groups excluding tert-OH is 1. The Morgan fingerprint density at radius 1 is 1.44 bits per heavy atom. The molecule has 0 aliphatic heterocycles. The maximum atomic E-state index is 9.10. The van der Waals surface area contributed by atoms with Gasteiger partial charge in [-0.25, -0.2) is 9.97 Å². The summed E-state index contributed by atoms with van der Waals surface area (Å²) in [5.41, 5.74) is 0. The number of aliphatic hydroxyl groups is 1. The first-order valence-electron chi connectivity index (χ1n) is 5.83. The molecule has 2 N–H and O–H groups in total. The van der Waals surface area contributed by atoms with Crippen molar-refractivity contribution >= 4 is 27.6 Å². The summed E-state index contributed by atoms with van der Waals surface area (Å²) in [7, 11) is 1.65. The van der Waals surface area contributed by atoms with E-state index in [1.165, 1.54) is 6.33 Å². The summed E-state index contributed by atoms with van der Waals surface area (Å²) in [5, 5.41) is 12.3. The summed E-state index contributed by atoms with van der Waals surface area (Å²) in [6.45, 7) is 4.60. The number of hydrogen-bond donors (Lipinski definition) is 2. The van der Waals surface area contributed by atoms with Gasteiger partial charge in [0.2, 0.25) is 0 Å². The van der Waals surface area contributed by atoms with Crippen molar-refractivity contribution < 1.29 is 9.84 Å². The van der Waals surface area contributed by atoms with Crippen molar-refractivity contribution in [3.8, 4) is 0 Å². The third-order valence-electron chi connectivity index (χ3n) is 2.35. The summed E-state index contributed by atoms with van der Waals surface area (Å²) >= 11 is 3.49. The van der Waals surface area contributed by atoms with Crippen LogP contribution >= 0.6 is 15.9 Å². The number of nitrogens with one attached hydrogen (secondary N) is 1. The van der Waals surface area contributed by atoms with E-state index < -0.39 is 0 Å². The molecule has 1 heterocycles. The smallest absolute Gasteiger partial charge is 0.148 e. The minimum absolute atomic E-state index is 0.0662. The van der Waals surface area contributed by atoms with Crippen LogP contribution in [0, 0.1) is 0 Å². The number of methoxy groups -OCH3 is 1. The van der Waals surface area contributed by atoms with Crippen LogP contribution in [0.15, 0.2) is 10.8 Å². The van der Waals surface area contributed by atoms with E-state index in [-0.39, 0.29) is 6.61 Å². The molecule has 0 spiro atoms. The third kappa shape index (κ3) is 4.08. The van der Waals surface area contributed by atoms with Crippen molar-refractivity contribution in [1.29, 1.82) is 0 Å². The molecule has 0 radical (unpaired) electrons. The van der Waals surface area contributed by atoms with Gasteiger partial charge in [0.05, 0.1) is 13.2 Å². The molecule has 0 saturated carbocycles. The zero-order valence-electron chi connectivity index (χ0n) is 10.7. The summed E-state index contributed by atoms with van der Waals surface area (Å²) in [6.07, 6.45) is 1.51. The summed E-state index contributed by atoms with van der Waals surface area (Å²) in [6, 6.07) is 0. The molecule has 0 aromatic carbocycles. The SMILES string of the molecule is CCNc1ncnc(N(CCO)CCOC)c1Br. The monoisotopic (exact) mass is 318 g/mol. The summed E-state index contributed by atoms with van der Waals surface area (Å²) in [4.78, 5) is 10.4. The number of anilines is 2. The number of ether oxygens (including phenoxy) is 1. The molecule has 0 atom stereocenters. The Morgan fingerprint density at radius 3 is 2.83 bits per heavy atom. The molecule has 6 nitrogen and oxygen atoms in total. The van der Waals surface area contributed by atoms with E-state index in [1.807, 2.05) is 11.8 Å². The maximum absolute atomic E-state index is 9.10. The molecule has 1 aromatic rings. The van der Waals surface area contributed by atoms with Crippen LogP contribution in [0.25, 0.3) is 0 Å². The normalized spacial score (nSPS) is 10.4. The number of nitrogens with zero attached hydrogens (tertiary/aromatic N) is 3. The highest BCUT2D eigenvalue weighted by molar-refractivity contribution is 9.10. The van der Waals surface area contributed by atoms with Crippen LogP contribution in [-0.4, -0.2) is 55.0 Å². The quantitative estimate of drug-likeness (QED) is 0.748. The van der Waals surface area contributed by atoms with Crippen molar-refractivity contribution in [3.63, 3.8) is 0 Å². The van der Waals surface area contributed by atoms with Gasteiger partial charge in [-0.2, -0.15) is 0 Å². The number of hydrogen-bond acceptors (Lipinski definition) is 6. The predicted octanol–water partition coefficient (Wildman–Crippen LogP) is 1.12. The highest BCUT2D eigenvalue weighted by Gasteiger charge is 2.14. The van der Waals surface area contributed by atoms with Crippen molar-refractivity contribution in [2.45, 2.75) is 6.92 Å². The molecule has 0 aliphatic carbocycles. The van der Waals surface area contributed by atoms with E-state index in [0.717, 1.165) is 22.7 Å². The fourth-order valence-corrected chi connectivity index (χ4v) is 2.11. The van der Waals surface area contributed by atoms with Gasteiger partial charge in [0.1, 0.15) is 22.4 Å². The lowest BCUT2D eigenvalue weighted by Gasteiger charge is -2.24. The minimum atomic E-state index is 0.0662.